The molecule has 1 aliphatic rings. The quantitative estimate of drug-likeness (QED) is 0.817. The Morgan fingerprint density at radius 3 is 3.12 bits per heavy atom. The first-order valence-electron chi connectivity index (χ1n) is 5.80. The molecular formula is C12H17FN2S. The van der Waals surface area contributed by atoms with Crippen molar-refractivity contribution in [2.24, 2.45) is 0 Å². The SMILES string of the molecule is CCSC1CCCC1Nc1cccc(F)n1. The Bertz CT molecular complexity index is 346. The molecule has 1 N–H and O–H groups in total. The van der Waals surface area contributed by atoms with E-state index in [1.54, 1.807) is 6.07 Å². The lowest BCUT2D eigenvalue weighted by atomic mass is 10.2. The fraction of sp³-hybridized carbons (Fsp3) is 0.583. The van der Waals surface area contributed by atoms with Gasteiger partial charge in [-0.3, -0.25) is 0 Å². The zero-order chi connectivity index (χ0) is 11.4. The van der Waals surface area contributed by atoms with Crippen LogP contribution in [0.4, 0.5) is 10.2 Å². The molecule has 16 heavy (non-hydrogen) atoms. The molecule has 0 aliphatic heterocycles. The number of hydrogen-bond acceptors (Lipinski definition) is 3. The van der Waals surface area contributed by atoms with E-state index < -0.39 is 5.95 Å². The van der Waals surface area contributed by atoms with Gasteiger partial charge in [0.1, 0.15) is 5.82 Å². The molecule has 1 heterocycles. The van der Waals surface area contributed by atoms with Crippen LogP contribution in [-0.4, -0.2) is 22.0 Å². The summed E-state index contributed by atoms with van der Waals surface area (Å²) in [4.78, 5) is 3.84. The molecule has 4 heteroatoms. The molecule has 0 saturated heterocycles. The van der Waals surface area contributed by atoms with Crippen molar-refractivity contribution in [2.45, 2.75) is 37.5 Å². The maximum Gasteiger partial charge on any atom is 0.214 e. The third kappa shape index (κ3) is 2.88. The second-order valence-electron chi connectivity index (χ2n) is 4.02. The minimum absolute atomic E-state index is 0.414. The van der Waals surface area contributed by atoms with Gasteiger partial charge in [0.2, 0.25) is 5.95 Å². The van der Waals surface area contributed by atoms with Crippen LogP contribution in [0.3, 0.4) is 0 Å². The normalized spacial score (nSPS) is 24.6. The highest BCUT2D eigenvalue weighted by Crippen LogP contribution is 2.31. The Labute approximate surface area is 100 Å². The van der Waals surface area contributed by atoms with Crippen molar-refractivity contribution in [1.29, 1.82) is 0 Å². The van der Waals surface area contributed by atoms with Gasteiger partial charge < -0.3 is 5.32 Å². The zero-order valence-corrected chi connectivity index (χ0v) is 10.3. The van der Waals surface area contributed by atoms with Gasteiger partial charge in [0.25, 0.3) is 0 Å². The first kappa shape index (κ1) is 11.7. The summed E-state index contributed by atoms with van der Waals surface area (Å²) in [6, 6.07) is 5.34. The van der Waals surface area contributed by atoms with E-state index in [-0.39, 0.29) is 0 Å². The van der Waals surface area contributed by atoms with Gasteiger partial charge in [-0.05, 0) is 30.7 Å². The second-order valence-corrected chi connectivity index (χ2v) is 5.54. The lowest BCUT2D eigenvalue weighted by molar-refractivity contribution is 0.583. The molecule has 2 unspecified atom stereocenters. The lowest BCUT2D eigenvalue weighted by Crippen LogP contribution is -2.26. The molecule has 0 radical (unpaired) electrons. The van der Waals surface area contributed by atoms with E-state index in [1.807, 2.05) is 17.8 Å². The van der Waals surface area contributed by atoms with Gasteiger partial charge in [0.05, 0.1) is 0 Å². The molecule has 1 saturated carbocycles. The Balaban J connectivity index is 1.98. The Morgan fingerprint density at radius 2 is 2.38 bits per heavy atom. The fourth-order valence-electron chi connectivity index (χ4n) is 2.18. The van der Waals surface area contributed by atoms with Gasteiger partial charge in [-0.1, -0.05) is 19.4 Å². The number of halogens is 1. The molecule has 0 spiro atoms. The maximum atomic E-state index is 12.9. The van der Waals surface area contributed by atoms with Gasteiger partial charge in [0, 0.05) is 11.3 Å². The van der Waals surface area contributed by atoms with Crippen molar-refractivity contribution in [3.8, 4) is 0 Å². The number of hydrogen-bond donors (Lipinski definition) is 1. The van der Waals surface area contributed by atoms with Crippen molar-refractivity contribution < 1.29 is 4.39 Å². The summed E-state index contributed by atoms with van der Waals surface area (Å²) in [6.07, 6.45) is 3.67. The van der Waals surface area contributed by atoms with E-state index >= 15 is 0 Å². The van der Waals surface area contributed by atoms with Crippen LogP contribution in [0, 0.1) is 5.95 Å². The molecule has 1 aromatic rings. The molecule has 2 atom stereocenters. The molecule has 0 bridgehead atoms. The summed E-state index contributed by atoms with van der Waals surface area (Å²) >= 11 is 1.99. The average Bonchev–Trinajstić information content (AvgIpc) is 2.66. The highest BCUT2D eigenvalue weighted by molar-refractivity contribution is 7.99. The summed E-state index contributed by atoms with van der Waals surface area (Å²) in [5.74, 6) is 1.38. The minimum atomic E-state index is -0.414. The van der Waals surface area contributed by atoms with Gasteiger partial charge in [-0.2, -0.15) is 16.2 Å². The van der Waals surface area contributed by atoms with Crippen molar-refractivity contribution in [1.82, 2.24) is 4.98 Å². The first-order valence-corrected chi connectivity index (χ1v) is 6.85. The number of rotatable bonds is 4. The van der Waals surface area contributed by atoms with E-state index in [1.165, 1.54) is 18.9 Å². The number of pyridine rings is 1. The van der Waals surface area contributed by atoms with E-state index in [9.17, 15) is 4.39 Å². The second kappa shape index (κ2) is 5.53. The fourth-order valence-corrected chi connectivity index (χ4v) is 3.38. The van der Waals surface area contributed by atoms with Crippen LogP contribution < -0.4 is 5.32 Å². The summed E-state index contributed by atoms with van der Waals surface area (Å²) in [5.41, 5.74) is 0. The number of nitrogens with one attached hydrogen (secondary N) is 1. The van der Waals surface area contributed by atoms with Crippen LogP contribution in [0.15, 0.2) is 18.2 Å². The molecular weight excluding hydrogens is 223 g/mol. The van der Waals surface area contributed by atoms with Gasteiger partial charge in [-0.25, -0.2) is 4.98 Å². The predicted octanol–water partition coefficient (Wildman–Crippen LogP) is 3.31. The summed E-state index contributed by atoms with van der Waals surface area (Å²) < 4.78 is 12.9. The van der Waals surface area contributed by atoms with Crippen molar-refractivity contribution in [3.63, 3.8) is 0 Å². The minimum Gasteiger partial charge on any atom is -0.366 e. The lowest BCUT2D eigenvalue weighted by Gasteiger charge is -2.20. The Morgan fingerprint density at radius 1 is 1.50 bits per heavy atom. The average molecular weight is 240 g/mol. The molecule has 0 aromatic carbocycles. The Kier molecular flexibility index (Phi) is 4.04. The summed E-state index contributed by atoms with van der Waals surface area (Å²) in [7, 11) is 0. The number of anilines is 1. The van der Waals surface area contributed by atoms with Crippen LogP contribution in [0.2, 0.25) is 0 Å². The van der Waals surface area contributed by atoms with Crippen LogP contribution in [0.5, 0.6) is 0 Å². The van der Waals surface area contributed by atoms with Crippen molar-refractivity contribution in [2.75, 3.05) is 11.1 Å². The number of thioether (sulfide) groups is 1. The topological polar surface area (TPSA) is 24.9 Å². The number of nitrogens with zero attached hydrogens (tertiary/aromatic N) is 1. The predicted molar refractivity (Wildman–Crippen MR) is 67.4 cm³/mol. The van der Waals surface area contributed by atoms with E-state index in [0.29, 0.717) is 17.1 Å². The maximum absolute atomic E-state index is 12.9. The monoisotopic (exact) mass is 240 g/mol. The smallest absolute Gasteiger partial charge is 0.214 e. The van der Waals surface area contributed by atoms with Gasteiger partial charge in [-0.15, -0.1) is 0 Å². The highest BCUT2D eigenvalue weighted by atomic mass is 32.2. The van der Waals surface area contributed by atoms with Crippen LogP contribution in [0.25, 0.3) is 0 Å². The summed E-state index contributed by atoms with van der Waals surface area (Å²) in [6.45, 7) is 2.18. The van der Waals surface area contributed by atoms with E-state index in [2.05, 4.69) is 17.2 Å². The molecule has 1 aliphatic carbocycles. The molecule has 1 aromatic heterocycles. The third-order valence-corrected chi connectivity index (χ3v) is 4.21. The molecule has 0 amide bonds. The first-order chi connectivity index (χ1) is 7.79. The van der Waals surface area contributed by atoms with E-state index in [4.69, 9.17) is 0 Å². The van der Waals surface area contributed by atoms with Crippen LogP contribution in [0.1, 0.15) is 26.2 Å². The molecule has 1 fully saturated rings. The van der Waals surface area contributed by atoms with Gasteiger partial charge >= 0.3 is 0 Å². The molecule has 2 nitrogen and oxygen atoms in total. The van der Waals surface area contributed by atoms with Crippen LogP contribution >= 0.6 is 11.8 Å². The summed E-state index contributed by atoms with van der Waals surface area (Å²) in [5, 5.41) is 3.99. The van der Waals surface area contributed by atoms with Crippen LogP contribution in [-0.2, 0) is 0 Å². The van der Waals surface area contributed by atoms with E-state index in [0.717, 1.165) is 12.2 Å². The number of aromatic nitrogens is 1. The third-order valence-electron chi connectivity index (χ3n) is 2.88. The largest absolute Gasteiger partial charge is 0.366 e. The Hall–Kier alpha value is -0.770. The standard InChI is InChI=1S/C12H17FN2S/c1-2-16-10-6-3-5-9(10)14-12-8-4-7-11(13)15-12/h4,7-10H,2-3,5-6H2,1H3,(H,14,15). The van der Waals surface area contributed by atoms with Crippen molar-refractivity contribution >= 4 is 17.6 Å². The zero-order valence-electron chi connectivity index (χ0n) is 9.45. The van der Waals surface area contributed by atoms with Gasteiger partial charge in [0.15, 0.2) is 0 Å². The van der Waals surface area contributed by atoms with Crippen molar-refractivity contribution in [3.05, 3.63) is 24.1 Å². The highest BCUT2D eigenvalue weighted by Gasteiger charge is 2.27. The molecule has 88 valence electrons. The molecule has 2 rings (SSSR count).